The number of ether oxygens (including phenoxy) is 1. The van der Waals surface area contributed by atoms with Crippen LogP contribution in [0.1, 0.15) is 30.1 Å². The zero-order valence-electron chi connectivity index (χ0n) is 15.7. The number of para-hydroxylation sites is 1. The zero-order chi connectivity index (χ0) is 19.5. The number of rotatable bonds is 5. The van der Waals surface area contributed by atoms with Gasteiger partial charge in [-0.15, -0.1) is 0 Å². The summed E-state index contributed by atoms with van der Waals surface area (Å²) in [7, 11) is 0. The predicted molar refractivity (Wildman–Crippen MR) is 109 cm³/mol. The van der Waals surface area contributed by atoms with Crippen molar-refractivity contribution in [2.45, 2.75) is 19.8 Å². The van der Waals surface area contributed by atoms with Crippen molar-refractivity contribution >= 4 is 28.3 Å². The van der Waals surface area contributed by atoms with Crippen molar-refractivity contribution in [3.05, 3.63) is 59.9 Å². The Morgan fingerprint density at radius 3 is 2.75 bits per heavy atom. The summed E-state index contributed by atoms with van der Waals surface area (Å²) < 4.78 is 19.0. The molecule has 1 amide bonds. The van der Waals surface area contributed by atoms with Gasteiger partial charge in [-0.25, -0.2) is 9.37 Å². The predicted octanol–water partition coefficient (Wildman–Crippen LogP) is 4.63. The second kappa shape index (κ2) is 7.84. The second-order valence-electron chi connectivity index (χ2n) is 6.77. The van der Waals surface area contributed by atoms with E-state index in [2.05, 4.69) is 10.2 Å². The molecule has 1 N–H and O–H groups in total. The molecule has 5 nitrogen and oxygen atoms in total. The van der Waals surface area contributed by atoms with Gasteiger partial charge >= 0.3 is 0 Å². The first-order valence-electron chi connectivity index (χ1n) is 9.54. The van der Waals surface area contributed by atoms with Crippen LogP contribution in [0, 0.1) is 5.82 Å². The van der Waals surface area contributed by atoms with E-state index in [1.54, 1.807) is 0 Å². The van der Waals surface area contributed by atoms with E-state index in [-0.39, 0.29) is 5.91 Å². The maximum atomic E-state index is 13.6. The van der Waals surface area contributed by atoms with Crippen molar-refractivity contribution in [2.24, 2.45) is 0 Å². The van der Waals surface area contributed by atoms with Gasteiger partial charge in [-0.2, -0.15) is 0 Å². The number of halogens is 1. The van der Waals surface area contributed by atoms with E-state index in [1.165, 1.54) is 18.2 Å². The number of aromatic nitrogens is 1. The molecule has 0 bridgehead atoms. The quantitative estimate of drug-likeness (QED) is 0.703. The number of hydrogen-bond donors (Lipinski definition) is 1. The third-order valence-corrected chi connectivity index (χ3v) is 4.85. The van der Waals surface area contributed by atoms with Crippen LogP contribution in [0.3, 0.4) is 0 Å². The van der Waals surface area contributed by atoms with Gasteiger partial charge in [-0.05, 0) is 44.0 Å². The fourth-order valence-corrected chi connectivity index (χ4v) is 3.51. The molecule has 2 heterocycles. The minimum atomic E-state index is -0.411. The molecular weight excluding hydrogens is 357 g/mol. The van der Waals surface area contributed by atoms with E-state index in [0.717, 1.165) is 36.8 Å². The van der Waals surface area contributed by atoms with Crippen molar-refractivity contribution in [3.63, 3.8) is 0 Å². The Morgan fingerprint density at radius 1 is 1.18 bits per heavy atom. The van der Waals surface area contributed by atoms with E-state index >= 15 is 0 Å². The molecule has 0 radical (unpaired) electrons. The number of carbonyl (C=O) groups excluding carboxylic acids is 1. The van der Waals surface area contributed by atoms with Crippen LogP contribution in [0.2, 0.25) is 0 Å². The van der Waals surface area contributed by atoms with Crippen molar-refractivity contribution < 1.29 is 13.9 Å². The number of nitrogens with one attached hydrogen (secondary N) is 1. The second-order valence-corrected chi connectivity index (χ2v) is 6.77. The van der Waals surface area contributed by atoms with E-state index < -0.39 is 5.82 Å². The third-order valence-electron chi connectivity index (χ3n) is 4.85. The smallest absolute Gasteiger partial charge is 0.259 e. The Bertz CT molecular complexity index is 1020. The van der Waals surface area contributed by atoms with Crippen LogP contribution in [0.15, 0.2) is 48.5 Å². The van der Waals surface area contributed by atoms with Crippen LogP contribution in [-0.2, 0) is 0 Å². The molecule has 0 unspecified atom stereocenters. The topological polar surface area (TPSA) is 54.5 Å². The summed E-state index contributed by atoms with van der Waals surface area (Å²) in [6.07, 6.45) is 2.17. The molecule has 0 spiro atoms. The Kier molecular flexibility index (Phi) is 5.10. The van der Waals surface area contributed by atoms with Gasteiger partial charge in [-0.3, -0.25) is 4.79 Å². The standard InChI is InChI=1S/C22H22FN3O2/c1-2-28-20-14-16(23)9-10-19(20)25-22(27)17-13-15-7-3-4-8-18(15)24-21(17)26-11-5-6-12-26/h3-4,7-10,13-14H,2,5-6,11-12H2,1H3,(H,25,27). The Morgan fingerprint density at radius 2 is 1.96 bits per heavy atom. The van der Waals surface area contributed by atoms with Gasteiger partial charge in [0.1, 0.15) is 17.4 Å². The summed E-state index contributed by atoms with van der Waals surface area (Å²) in [5.41, 5.74) is 1.80. The van der Waals surface area contributed by atoms with Gasteiger partial charge in [-0.1, -0.05) is 18.2 Å². The number of anilines is 2. The molecular formula is C22H22FN3O2. The highest BCUT2D eigenvalue weighted by Crippen LogP contribution is 2.30. The first kappa shape index (κ1) is 18.2. The first-order chi connectivity index (χ1) is 13.7. The molecule has 1 aliphatic rings. The van der Waals surface area contributed by atoms with Crippen LogP contribution in [0.5, 0.6) is 5.75 Å². The average molecular weight is 379 g/mol. The first-order valence-corrected chi connectivity index (χ1v) is 9.54. The molecule has 0 aliphatic carbocycles. The highest BCUT2D eigenvalue weighted by atomic mass is 19.1. The lowest BCUT2D eigenvalue weighted by Crippen LogP contribution is -2.24. The summed E-state index contributed by atoms with van der Waals surface area (Å²) in [5, 5.41) is 3.77. The van der Waals surface area contributed by atoms with Gasteiger partial charge < -0.3 is 15.0 Å². The van der Waals surface area contributed by atoms with Crippen LogP contribution < -0.4 is 15.0 Å². The molecule has 6 heteroatoms. The third kappa shape index (κ3) is 3.63. The SMILES string of the molecule is CCOc1cc(F)ccc1NC(=O)c1cc2ccccc2nc1N1CCCC1. The summed E-state index contributed by atoms with van der Waals surface area (Å²) in [4.78, 5) is 20.1. The number of carbonyl (C=O) groups is 1. The monoisotopic (exact) mass is 379 g/mol. The Balaban J connectivity index is 1.73. The number of amides is 1. The van der Waals surface area contributed by atoms with E-state index in [9.17, 15) is 9.18 Å². The maximum Gasteiger partial charge on any atom is 0.259 e. The lowest BCUT2D eigenvalue weighted by molar-refractivity contribution is 0.102. The summed E-state index contributed by atoms with van der Waals surface area (Å²) >= 11 is 0. The normalized spacial score (nSPS) is 13.7. The van der Waals surface area contributed by atoms with E-state index in [0.29, 0.717) is 29.4 Å². The van der Waals surface area contributed by atoms with E-state index in [4.69, 9.17) is 9.72 Å². The van der Waals surface area contributed by atoms with Crippen LogP contribution in [-0.4, -0.2) is 30.6 Å². The number of benzene rings is 2. The van der Waals surface area contributed by atoms with Crippen LogP contribution >= 0.6 is 0 Å². The lowest BCUT2D eigenvalue weighted by atomic mass is 10.1. The molecule has 28 heavy (non-hydrogen) atoms. The molecule has 1 aromatic heterocycles. The number of hydrogen-bond acceptors (Lipinski definition) is 4. The van der Waals surface area contributed by atoms with Crippen molar-refractivity contribution in [2.75, 3.05) is 29.9 Å². The molecule has 4 rings (SSSR count). The Labute approximate surface area is 163 Å². The van der Waals surface area contributed by atoms with Gasteiger partial charge in [0.2, 0.25) is 0 Å². The molecule has 0 atom stereocenters. The number of nitrogens with zero attached hydrogens (tertiary/aromatic N) is 2. The van der Waals surface area contributed by atoms with Gasteiger partial charge in [0.15, 0.2) is 0 Å². The van der Waals surface area contributed by atoms with E-state index in [1.807, 2.05) is 37.3 Å². The molecule has 0 saturated carbocycles. The molecule has 2 aromatic carbocycles. The van der Waals surface area contributed by atoms with Gasteiger partial charge in [0.05, 0.1) is 23.4 Å². The zero-order valence-corrected chi connectivity index (χ0v) is 15.7. The largest absolute Gasteiger partial charge is 0.492 e. The van der Waals surface area contributed by atoms with Crippen molar-refractivity contribution in [3.8, 4) is 5.75 Å². The van der Waals surface area contributed by atoms with Crippen molar-refractivity contribution in [1.29, 1.82) is 0 Å². The fourth-order valence-electron chi connectivity index (χ4n) is 3.51. The molecule has 3 aromatic rings. The molecule has 1 fully saturated rings. The summed E-state index contributed by atoms with van der Waals surface area (Å²) in [6.45, 7) is 3.96. The number of pyridine rings is 1. The lowest BCUT2D eigenvalue weighted by Gasteiger charge is -2.21. The van der Waals surface area contributed by atoms with Crippen molar-refractivity contribution in [1.82, 2.24) is 4.98 Å². The molecule has 1 aliphatic heterocycles. The molecule has 144 valence electrons. The fraction of sp³-hybridized carbons (Fsp3) is 0.273. The summed E-state index contributed by atoms with van der Waals surface area (Å²) in [6, 6.07) is 13.7. The molecule has 1 saturated heterocycles. The highest BCUT2D eigenvalue weighted by molar-refractivity contribution is 6.10. The van der Waals surface area contributed by atoms with Crippen LogP contribution in [0.25, 0.3) is 10.9 Å². The van der Waals surface area contributed by atoms with Crippen LogP contribution in [0.4, 0.5) is 15.9 Å². The minimum absolute atomic E-state index is 0.285. The average Bonchev–Trinajstić information content (AvgIpc) is 3.24. The summed E-state index contributed by atoms with van der Waals surface area (Å²) in [5.74, 6) is 0.306. The number of fused-ring (bicyclic) bond motifs is 1. The minimum Gasteiger partial charge on any atom is -0.492 e. The van der Waals surface area contributed by atoms with Gasteiger partial charge in [0, 0.05) is 24.5 Å². The maximum absolute atomic E-state index is 13.6. The Hall–Kier alpha value is -3.15. The highest BCUT2D eigenvalue weighted by Gasteiger charge is 2.23. The van der Waals surface area contributed by atoms with Gasteiger partial charge in [0.25, 0.3) is 5.91 Å².